The third kappa shape index (κ3) is 5.71. The number of halogens is 3. The second kappa shape index (κ2) is 9.00. The van der Waals surface area contributed by atoms with Gasteiger partial charge in [0.1, 0.15) is 11.5 Å². The predicted molar refractivity (Wildman–Crippen MR) is 94.4 cm³/mol. The molecule has 0 amide bonds. The zero-order chi connectivity index (χ0) is 19.2. The average Bonchev–Trinajstić information content (AvgIpc) is 2.60. The van der Waals surface area contributed by atoms with Crippen LogP contribution in [-0.2, 0) is 6.54 Å². The Morgan fingerprint density at radius 1 is 1.35 bits per heavy atom. The highest BCUT2D eigenvalue weighted by molar-refractivity contribution is 5.80. The number of phenols is 1. The highest BCUT2D eigenvalue weighted by atomic mass is 19.4. The number of nitrogens with zero attached hydrogens (tertiary/aromatic N) is 1. The normalized spacial score (nSPS) is 21.3. The molecular weight excluding hydrogens is 347 g/mol. The Morgan fingerprint density at radius 3 is 2.77 bits per heavy atom. The van der Waals surface area contributed by atoms with Crippen LogP contribution < -0.4 is 15.4 Å². The van der Waals surface area contributed by atoms with Crippen LogP contribution in [0.2, 0.25) is 0 Å². The lowest BCUT2D eigenvalue weighted by molar-refractivity contribution is -0.183. The molecule has 1 fully saturated rings. The second-order valence-corrected chi connectivity index (χ2v) is 6.44. The summed E-state index contributed by atoms with van der Waals surface area (Å²) >= 11 is 0. The van der Waals surface area contributed by atoms with Crippen molar-refractivity contribution < 1.29 is 23.0 Å². The number of alkyl halides is 3. The topological polar surface area (TPSA) is 65.9 Å². The number of benzene rings is 1. The summed E-state index contributed by atoms with van der Waals surface area (Å²) in [5.41, 5.74) is 0.582. The number of aliphatic imine (C=N–C) groups is 1. The van der Waals surface area contributed by atoms with E-state index in [-0.39, 0.29) is 31.2 Å². The van der Waals surface area contributed by atoms with Gasteiger partial charge in [0.05, 0.1) is 19.6 Å². The lowest BCUT2D eigenvalue weighted by atomic mass is 9.85. The van der Waals surface area contributed by atoms with Crippen molar-refractivity contribution in [3.8, 4) is 11.5 Å². The summed E-state index contributed by atoms with van der Waals surface area (Å²) in [5, 5.41) is 16.1. The van der Waals surface area contributed by atoms with Gasteiger partial charge in [0.2, 0.25) is 0 Å². The Balaban J connectivity index is 2.05. The van der Waals surface area contributed by atoms with Crippen molar-refractivity contribution in [3.63, 3.8) is 0 Å². The average molecular weight is 373 g/mol. The number of hydrogen-bond acceptors (Lipinski definition) is 3. The largest absolute Gasteiger partial charge is 0.508 e. The van der Waals surface area contributed by atoms with Crippen LogP contribution in [0.3, 0.4) is 0 Å². The van der Waals surface area contributed by atoms with Crippen molar-refractivity contribution in [1.29, 1.82) is 0 Å². The molecule has 0 aromatic heterocycles. The number of methoxy groups -OCH3 is 1. The standard InChI is InChI=1S/C18H26F3N3O2/c1-3-22-17(23-11-12-9-15(26-2)7-8-16(12)25)24-14-6-4-5-13(10-14)18(19,20)21/h7-9,13-14,25H,3-6,10-11H2,1-2H3,(H2,22,23,24). The van der Waals surface area contributed by atoms with Gasteiger partial charge in [-0.25, -0.2) is 4.99 Å². The second-order valence-electron chi connectivity index (χ2n) is 6.44. The molecule has 0 saturated heterocycles. The third-order valence-corrected chi connectivity index (χ3v) is 4.52. The maximum absolute atomic E-state index is 13.0. The summed E-state index contributed by atoms with van der Waals surface area (Å²) in [4.78, 5) is 4.40. The zero-order valence-electron chi connectivity index (χ0n) is 15.1. The molecule has 0 bridgehead atoms. The first kappa shape index (κ1) is 20.2. The number of ether oxygens (including phenoxy) is 1. The van der Waals surface area contributed by atoms with E-state index in [1.54, 1.807) is 12.1 Å². The lowest BCUT2D eigenvalue weighted by Gasteiger charge is -2.31. The number of nitrogens with one attached hydrogen (secondary N) is 2. The van der Waals surface area contributed by atoms with Gasteiger partial charge < -0.3 is 20.5 Å². The highest BCUT2D eigenvalue weighted by Crippen LogP contribution is 2.37. The Hall–Kier alpha value is -2.12. The molecule has 26 heavy (non-hydrogen) atoms. The van der Waals surface area contributed by atoms with E-state index >= 15 is 0 Å². The predicted octanol–water partition coefficient (Wildman–Crippen LogP) is 3.58. The Kier molecular flexibility index (Phi) is 6.99. The molecule has 1 aromatic carbocycles. The minimum atomic E-state index is -4.15. The van der Waals surface area contributed by atoms with Crippen LogP contribution >= 0.6 is 0 Å². The van der Waals surface area contributed by atoms with Crippen LogP contribution in [-0.4, -0.2) is 36.9 Å². The minimum absolute atomic E-state index is 0.0539. The first-order valence-electron chi connectivity index (χ1n) is 8.81. The van der Waals surface area contributed by atoms with Gasteiger partial charge >= 0.3 is 6.18 Å². The molecule has 0 spiro atoms. The molecule has 1 aromatic rings. The van der Waals surface area contributed by atoms with Gasteiger partial charge in [0, 0.05) is 18.2 Å². The maximum Gasteiger partial charge on any atom is 0.391 e. The van der Waals surface area contributed by atoms with Crippen molar-refractivity contribution in [2.24, 2.45) is 10.9 Å². The molecule has 2 atom stereocenters. The summed E-state index contributed by atoms with van der Waals surface area (Å²) in [5.74, 6) is -0.118. The SMILES string of the molecule is CCNC(=NCc1cc(OC)ccc1O)NC1CCCC(C(F)(F)F)C1. The van der Waals surface area contributed by atoms with Crippen molar-refractivity contribution in [1.82, 2.24) is 10.6 Å². The summed E-state index contributed by atoms with van der Waals surface area (Å²) in [6, 6.07) is 4.58. The number of aromatic hydroxyl groups is 1. The Labute approximate surface area is 151 Å². The minimum Gasteiger partial charge on any atom is -0.508 e. The Bertz CT molecular complexity index is 620. The van der Waals surface area contributed by atoms with Crippen LogP contribution in [0.1, 0.15) is 38.2 Å². The van der Waals surface area contributed by atoms with E-state index in [4.69, 9.17) is 4.74 Å². The molecule has 0 aliphatic heterocycles. The summed E-state index contributed by atoms with van der Waals surface area (Å²) < 4.78 is 44.0. The fourth-order valence-electron chi connectivity index (χ4n) is 3.11. The molecule has 3 N–H and O–H groups in total. The molecule has 1 aliphatic carbocycles. The molecule has 2 rings (SSSR count). The van der Waals surface area contributed by atoms with E-state index in [2.05, 4.69) is 15.6 Å². The fourth-order valence-corrected chi connectivity index (χ4v) is 3.11. The molecule has 0 heterocycles. The first-order valence-corrected chi connectivity index (χ1v) is 8.81. The smallest absolute Gasteiger partial charge is 0.391 e. The summed E-state index contributed by atoms with van der Waals surface area (Å²) in [6.07, 6.45) is -2.69. The lowest BCUT2D eigenvalue weighted by Crippen LogP contribution is -2.46. The van der Waals surface area contributed by atoms with Crippen LogP contribution in [0, 0.1) is 5.92 Å². The summed E-state index contributed by atoms with van der Waals surface area (Å²) in [7, 11) is 1.53. The molecule has 146 valence electrons. The van der Waals surface area contributed by atoms with Gasteiger partial charge in [0.15, 0.2) is 5.96 Å². The maximum atomic E-state index is 13.0. The van der Waals surface area contributed by atoms with E-state index in [0.717, 1.165) is 0 Å². The molecular formula is C18H26F3N3O2. The first-order chi connectivity index (χ1) is 12.3. The monoisotopic (exact) mass is 373 g/mol. The van der Waals surface area contributed by atoms with Crippen molar-refractivity contribution >= 4 is 5.96 Å². The van der Waals surface area contributed by atoms with E-state index < -0.39 is 12.1 Å². The number of rotatable bonds is 5. The molecule has 1 aliphatic rings. The van der Waals surface area contributed by atoms with E-state index in [1.807, 2.05) is 6.92 Å². The van der Waals surface area contributed by atoms with Gasteiger partial charge in [0.25, 0.3) is 0 Å². The highest BCUT2D eigenvalue weighted by Gasteiger charge is 2.42. The van der Waals surface area contributed by atoms with Gasteiger partial charge in [-0.3, -0.25) is 0 Å². The molecule has 1 saturated carbocycles. The van der Waals surface area contributed by atoms with Crippen molar-refractivity contribution in [3.05, 3.63) is 23.8 Å². The van der Waals surface area contributed by atoms with Gasteiger partial charge in [-0.05, 0) is 44.4 Å². The number of guanidine groups is 1. The van der Waals surface area contributed by atoms with Crippen LogP contribution in [0.25, 0.3) is 0 Å². The van der Waals surface area contributed by atoms with Crippen LogP contribution in [0.4, 0.5) is 13.2 Å². The molecule has 5 nitrogen and oxygen atoms in total. The van der Waals surface area contributed by atoms with Crippen molar-refractivity contribution in [2.75, 3.05) is 13.7 Å². The van der Waals surface area contributed by atoms with E-state index in [0.29, 0.717) is 36.7 Å². The van der Waals surface area contributed by atoms with Crippen LogP contribution in [0.5, 0.6) is 11.5 Å². The molecule has 2 unspecified atom stereocenters. The summed E-state index contributed by atoms with van der Waals surface area (Å²) in [6.45, 7) is 2.67. The van der Waals surface area contributed by atoms with E-state index in [9.17, 15) is 18.3 Å². The molecule has 8 heteroatoms. The van der Waals surface area contributed by atoms with E-state index in [1.165, 1.54) is 13.2 Å². The van der Waals surface area contributed by atoms with Gasteiger partial charge in [-0.2, -0.15) is 13.2 Å². The Morgan fingerprint density at radius 2 is 2.12 bits per heavy atom. The number of phenolic OH excluding ortho intramolecular Hbond substituents is 1. The van der Waals surface area contributed by atoms with Gasteiger partial charge in [-0.15, -0.1) is 0 Å². The zero-order valence-corrected chi connectivity index (χ0v) is 15.1. The third-order valence-electron chi connectivity index (χ3n) is 4.52. The van der Waals surface area contributed by atoms with Crippen molar-refractivity contribution in [2.45, 2.75) is 51.4 Å². The fraction of sp³-hybridized carbons (Fsp3) is 0.611. The van der Waals surface area contributed by atoms with Crippen LogP contribution in [0.15, 0.2) is 23.2 Å². The number of hydrogen-bond donors (Lipinski definition) is 3. The van der Waals surface area contributed by atoms with Gasteiger partial charge in [-0.1, -0.05) is 6.42 Å². The molecule has 0 radical (unpaired) electrons. The quantitative estimate of drug-likeness (QED) is 0.545.